The van der Waals surface area contributed by atoms with E-state index in [1.165, 1.54) is 0 Å². The number of fused-ring (bicyclic) bond motifs is 1. The number of rotatable bonds is 1. The number of pyridine rings is 1. The number of aryl methyl sites for hydroxylation is 1. The van der Waals surface area contributed by atoms with Crippen LogP contribution in [0.2, 0.25) is 0 Å². The summed E-state index contributed by atoms with van der Waals surface area (Å²) in [6.07, 6.45) is 2.94. The Morgan fingerprint density at radius 3 is 2.90 bits per heavy atom. The monoisotopic (exact) mass is 276 g/mol. The van der Waals surface area contributed by atoms with E-state index < -0.39 is 0 Å². The van der Waals surface area contributed by atoms with Crippen LogP contribution in [0, 0.1) is 5.92 Å². The zero-order valence-electron chi connectivity index (χ0n) is 11.8. The van der Waals surface area contributed by atoms with Crippen molar-refractivity contribution in [1.82, 2.24) is 9.88 Å². The van der Waals surface area contributed by atoms with E-state index in [1.807, 2.05) is 6.07 Å². The third-order valence-corrected chi connectivity index (χ3v) is 4.20. The highest BCUT2D eigenvalue weighted by Crippen LogP contribution is 2.23. The van der Waals surface area contributed by atoms with Crippen molar-refractivity contribution in [3.63, 3.8) is 0 Å². The number of amides is 1. The highest BCUT2D eigenvalue weighted by atomic mass is 16.5. The molecule has 1 saturated heterocycles. The summed E-state index contributed by atoms with van der Waals surface area (Å²) in [5.74, 6) is 0.440. The Hall–Kier alpha value is -1.62. The Balaban J connectivity index is 1.91. The summed E-state index contributed by atoms with van der Waals surface area (Å²) in [5.41, 5.74) is 2.15. The van der Waals surface area contributed by atoms with Gasteiger partial charge in [-0.05, 0) is 36.8 Å². The first-order valence-electron chi connectivity index (χ1n) is 7.27. The van der Waals surface area contributed by atoms with Crippen LogP contribution in [0.5, 0.6) is 0 Å². The number of ether oxygens (including phenoxy) is 1. The molecule has 5 nitrogen and oxygen atoms in total. The zero-order chi connectivity index (χ0) is 14.1. The molecule has 0 bridgehead atoms. The van der Waals surface area contributed by atoms with E-state index in [-0.39, 0.29) is 17.0 Å². The van der Waals surface area contributed by atoms with Gasteiger partial charge < -0.3 is 14.6 Å². The summed E-state index contributed by atoms with van der Waals surface area (Å²) in [6, 6.07) is 1.81. The Bertz CT molecular complexity index is 573. The van der Waals surface area contributed by atoms with E-state index in [1.54, 1.807) is 4.90 Å². The van der Waals surface area contributed by atoms with E-state index in [9.17, 15) is 9.59 Å². The minimum absolute atomic E-state index is 0.171. The van der Waals surface area contributed by atoms with Crippen molar-refractivity contribution in [2.24, 2.45) is 5.92 Å². The summed E-state index contributed by atoms with van der Waals surface area (Å²) >= 11 is 0. The predicted molar refractivity (Wildman–Crippen MR) is 75.0 cm³/mol. The Labute approximate surface area is 117 Å². The van der Waals surface area contributed by atoms with Gasteiger partial charge in [0.2, 0.25) is 0 Å². The molecule has 2 heterocycles. The lowest BCUT2D eigenvalue weighted by Gasteiger charge is -2.27. The summed E-state index contributed by atoms with van der Waals surface area (Å²) < 4.78 is 5.24. The summed E-state index contributed by atoms with van der Waals surface area (Å²) in [5, 5.41) is 0. The minimum atomic E-state index is -0.255. The smallest absolute Gasteiger partial charge is 0.261 e. The molecule has 1 aromatic rings. The fourth-order valence-corrected chi connectivity index (χ4v) is 2.98. The predicted octanol–water partition coefficient (Wildman–Crippen LogP) is 0.972. The number of aromatic amines is 1. The highest BCUT2D eigenvalue weighted by Gasteiger charge is 2.24. The first-order valence-corrected chi connectivity index (χ1v) is 7.27. The van der Waals surface area contributed by atoms with Crippen molar-refractivity contribution in [3.05, 3.63) is 33.2 Å². The molecule has 2 aliphatic rings. The molecule has 5 heteroatoms. The van der Waals surface area contributed by atoms with Gasteiger partial charge >= 0.3 is 0 Å². The molecule has 0 saturated carbocycles. The number of carbonyl (C=O) groups excluding carboxylic acids is 1. The number of aromatic nitrogens is 1. The van der Waals surface area contributed by atoms with Gasteiger partial charge in [-0.3, -0.25) is 9.59 Å². The third kappa shape index (κ3) is 2.50. The zero-order valence-corrected chi connectivity index (χ0v) is 11.8. The first kappa shape index (κ1) is 13.4. The second-order valence-corrected chi connectivity index (χ2v) is 5.77. The van der Waals surface area contributed by atoms with Crippen LogP contribution in [0.3, 0.4) is 0 Å². The number of H-pyrrole nitrogens is 1. The number of hydrogen-bond donors (Lipinski definition) is 1. The average Bonchev–Trinajstić information content (AvgIpc) is 2.47. The molecule has 0 aromatic carbocycles. The number of hydrogen-bond acceptors (Lipinski definition) is 3. The Morgan fingerprint density at radius 2 is 2.15 bits per heavy atom. The molecule has 108 valence electrons. The van der Waals surface area contributed by atoms with Crippen molar-refractivity contribution in [1.29, 1.82) is 0 Å². The van der Waals surface area contributed by atoms with Gasteiger partial charge in [0.05, 0.1) is 13.2 Å². The molecule has 3 rings (SSSR count). The van der Waals surface area contributed by atoms with Gasteiger partial charge in [0, 0.05) is 18.8 Å². The van der Waals surface area contributed by atoms with Crippen molar-refractivity contribution < 1.29 is 9.53 Å². The molecule has 20 heavy (non-hydrogen) atoms. The van der Waals surface area contributed by atoms with Crippen LogP contribution in [0.4, 0.5) is 0 Å². The molecule has 1 aliphatic carbocycles. The molecule has 1 amide bonds. The molecule has 1 aromatic heterocycles. The average molecular weight is 276 g/mol. The van der Waals surface area contributed by atoms with Crippen LogP contribution in [0.15, 0.2) is 10.9 Å². The standard InChI is InChI=1S/C15H20N2O3/c1-10-2-3-13-11(8-10)9-12(14(18)16-13)15(19)17-4-6-20-7-5-17/h9-10H,2-8H2,1H3,(H,16,18). The van der Waals surface area contributed by atoms with Crippen molar-refractivity contribution >= 4 is 5.91 Å². The minimum Gasteiger partial charge on any atom is -0.378 e. The van der Waals surface area contributed by atoms with E-state index in [4.69, 9.17) is 4.74 Å². The topological polar surface area (TPSA) is 62.4 Å². The van der Waals surface area contributed by atoms with E-state index in [2.05, 4.69) is 11.9 Å². The number of carbonyl (C=O) groups is 1. The van der Waals surface area contributed by atoms with Gasteiger partial charge in [0.1, 0.15) is 5.56 Å². The maximum atomic E-state index is 12.4. The lowest BCUT2D eigenvalue weighted by Crippen LogP contribution is -2.42. The van der Waals surface area contributed by atoms with E-state index in [0.717, 1.165) is 30.5 Å². The molecular formula is C15H20N2O3. The third-order valence-electron chi connectivity index (χ3n) is 4.20. The number of nitrogens with one attached hydrogen (secondary N) is 1. The largest absolute Gasteiger partial charge is 0.378 e. The molecule has 1 unspecified atom stereocenters. The summed E-state index contributed by atoms with van der Waals surface area (Å²) in [6.45, 7) is 4.42. The molecule has 1 atom stereocenters. The van der Waals surface area contributed by atoms with Gasteiger partial charge in [-0.1, -0.05) is 6.92 Å². The molecule has 1 fully saturated rings. The molecule has 0 spiro atoms. The van der Waals surface area contributed by atoms with Gasteiger partial charge in [-0.15, -0.1) is 0 Å². The fourth-order valence-electron chi connectivity index (χ4n) is 2.98. The molecule has 1 N–H and O–H groups in total. The number of nitrogens with zero attached hydrogens (tertiary/aromatic N) is 1. The lowest BCUT2D eigenvalue weighted by atomic mass is 9.87. The van der Waals surface area contributed by atoms with Crippen molar-refractivity contribution in [2.75, 3.05) is 26.3 Å². The summed E-state index contributed by atoms with van der Waals surface area (Å²) in [7, 11) is 0. The van der Waals surface area contributed by atoms with Gasteiger partial charge in [-0.2, -0.15) is 0 Å². The molecular weight excluding hydrogens is 256 g/mol. The highest BCUT2D eigenvalue weighted by molar-refractivity contribution is 5.94. The normalized spacial score (nSPS) is 22.4. The van der Waals surface area contributed by atoms with Crippen LogP contribution in [0.1, 0.15) is 35.0 Å². The van der Waals surface area contributed by atoms with Gasteiger partial charge in [-0.25, -0.2) is 0 Å². The summed E-state index contributed by atoms with van der Waals surface area (Å²) in [4.78, 5) is 29.2. The van der Waals surface area contributed by atoms with E-state index in [0.29, 0.717) is 32.2 Å². The van der Waals surface area contributed by atoms with Crippen LogP contribution < -0.4 is 5.56 Å². The van der Waals surface area contributed by atoms with Gasteiger partial charge in [0.25, 0.3) is 11.5 Å². The van der Waals surface area contributed by atoms with Crippen molar-refractivity contribution in [3.8, 4) is 0 Å². The van der Waals surface area contributed by atoms with Crippen LogP contribution in [0.25, 0.3) is 0 Å². The van der Waals surface area contributed by atoms with Crippen LogP contribution in [-0.4, -0.2) is 42.1 Å². The molecule has 1 aliphatic heterocycles. The second-order valence-electron chi connectivity index (χ2n) is 5.77. The second kappa shape index (κ2) is 5.40. The quantitative estimate of drug-likeness (QED) is 0.831. The Kier molecular flexibility index (Phi) is 3.61. The first-order chi connectivity index (χ1) is 9.65. The van der Waals surface area contributed by atoms with Gasteiger partial charge in [0.15, 0.2) is 0 Å². The molecule has 0 radical (unpaired) electrons. The van der Waals surface area contributed by atoms with Crippen LogP contribution in [-0.2, 0) is 17.6 Å². The maximum absolute atomic E-state index is 12.4. The van der Waals surface area contributed by atoms with Crippen LogP contribution >= 0.6 is 0 Å². The van der Waals surface area contributed by atoms with E-state index >= 15 is 0 Å². The Morgan fingerprint density at radius 1 is 1.40 bits per heavy atom. The van der Waals surface area contributed by atoms with Crippen molar-refractivity contribution in [2.45, 2.75) is 26.2 Å². The fraction of sp³-hybridized carbons (Fsp3) is 0.600. The SMILES string of the molecule is CC1CCc2[nH]c(=O)c(C(=O)N3CCOCC3)cc2C1. The maximum Gasteiger partial charge on any atom is 0.261 e. The number of morpholine rings is 1. The lowest BCUT2D eigenvalue weighted by molar-refractivity contribution is 0.0301.